The fourth-order valence-electron chi connectivity index (χ4n) is 3.11. The molecule has 0 saturated heterocycles. The van der Waals surface area contributed by atoms with Gasteiger partial charge in [-0.2, -0.15) is 0 Å². The van der Waals surface area contributed by atoms with Gasteiger partial charge in [0.1, 0.15) is 0 Å². The Morgan fingerprint density at radius 3 is 2.12 bits per heavy atom. The predicted octanol–water partition coefficient (Wildman–Crippen LogP) is 6.85. The first-order chi connectivity index (χ1) is 12.3. The van der Waals surface area contributed by atoms with Crippen LogP contribution in [0.2, 0.25) is 0 Å². The van der Waals surface area contributed by atoms with E-state index in [1.165, 1.54) is 36.5 Å². The number of allylic oxidation sites excluding steroid dienone is 2. The summed E-state index contributed by atoms with van der Waals surface area (Å²) in [5.74, 6) is 0. The minimum absolute atomic E-state index is 0.000379. The Balaban J connectivity index is 1.90. The van der Waals surface area contributed by atoms with Gasteiger partial charge in [0, 0.05) is 10.4 Å². The standard InChI is InChI=1S/C20H19NS4/c1-14-18-17(15-10-6-4-7-11-15)20(23-3)24-25(18)21(19(14)22-2)16-12-8-5-9-13-16/h4-13H,1-3H3. The lowest BCUT2D eigenvalue weighted by Crippen LogP contribution is -2.09. The number of benzene rings is 2. The van der Waals surface area contributed by atoms with Gasteiger partial charge in [-0.1, -0.05) is 48.5 Å². The molecule has 128 valence electrons. The molecule has 4 rings (SSSR count). The third-order valence-electron chi connectivity index (χ3n) is 4.20. The Kier molecular flexibility index (Phi) is 5.09. The summed E-state index contributed by atoms with van der Waals surface area (Å²) in [6.07, 6.45) is 4.38. The smallest absolute Gasteiger partial charge is 0.0900 e. The molecule has 0 spiro atoms. The molecule has 0 N–H and O–H groups in total. The van der Waals surface area contributed by atoms with E-state index in [2.05, 4.69) is 84.4 Å². The van der Waals surface area contributed by atoms with Crippen LogP contribution in [-0.2, 0) is 0 Å². The van der Waals surface area contributed by atoms with Gasteiger partial charge in [-0.3, -0.25) is 4.31 Å². The lowest BCUT2D eigenvalue weighted by atomic mass is 10.0. The first-order valence-corrected chi connectivity index (χ1v) is 13.0. The fraction of sp³-hybridized carbons (Fsp3) is 0.150. The van der Waals surface area contributed by atoms with Gasteiger partial charge in [-0.05, 0) is 63.2 Å². The Bertz CT molecular complexity index is 898. The summed E-state index contributed by atoms with van der Waals surface area (Å²) in [5.41, 5.74) is 5.48. The maximum Gasteiger partial charge on any atom is 0.0900 e. The molecule has 2 aliphatic heterocycles. The zero-order valence-electron chi connectivity index (χ0n) is 14.4. The van der Waals surface area contributed by atoms with Crippen LogP contribution in [0.1, 0.15) is 12.5 Å². The van der Waals surface area contributed by atoms with Crippen molar-refractivity contribution in [1.82, 2.24) is 0 Å². The number of thioether (sulfide) groups is 2. The van der Waals surface area contributed by atoms with E-state index in [4.69, 9.17) is 0 Å². The highest BCUT2D eigenvalue weighted by Gasteiger charge is 2.38. The molecular weight excluding hydrogens is 382 g/mol. The van der Waals surface area contributed by atoms with E-state index in [1.54, 1.807) is 0 Å². The van der Waals surface area contributed by atoms with Crippen LogP contribution in [0.3, 0.4) is 0 Å². The lowest BCUT2D eigenvalue weighted by Gasteiger charge is -2.24. The zero-order chi connectivity index (χ0) is 17.4. The van der Waals surface area contributed by atoms with Gasteiger partial charge in [-0.25, -0.2) is 0 Å². The van der Waals surface area contributed by atoms with Crippen LogP contribution >= 0.6 is 44.0 Å². The van der Waals surface area contributed by atoms with Crippen molar-refractivity contribution in [3.8, 4) is 0 Å². The summed E-state index contributed by atoms with van der Waals surface area (Å²) in [4.78, 5) is 1.51. The Morgan fingerprint density at radius 1 is 0.880 bits per heavy atom. The molecule has 0 bridgehead atoms. The average Bonchev–Trinajstić information content (AvgIpc) is 3.17. The van der Waals surface area contributed by atoms with Gasteiger partial charge < -0.3 is 0 Å². The van der Waals surface area contributed by atoms with E-state index < -0.39 is 0 Å². The van der Waals surface area contributed by atoms with Gasteiger partial charge >= 0.3 is 0 Å². The molecule has 1 unspecified atom stereocenters. The molecule has 0 aromatic heterocycles. The maximum absolute atomic E-state index is 2.53. The van der Waals surface area contributed by atoms with E-state index in [9.17, 15) is 0 Å². The van der Waals surface area contributed by atoms with Gasteiger partial charge in [0.15, 0.2) is 0 Å². The second-order valence-electron chi connectivity index (χ2n) is 5.66. The van der Waals surface area contributed by atoms with Crippen LogP contribution in [-0.4, -0.2) is 17.4 Å². The molecule has 5 heteroatoms. The number of rotatable bonds is 4. The monoisotopic (exact) mass is 401 g/mol. The third-order valence-corrected chi connectivity index (χ3v) is 10.9. The van der Waals surface area contributed by atoms with Gasteiger partial charge in [0.2, 0.25) is 0 Å². The van der Waals surface area contributed by atoms with Crippen LogP contribution in [0.5, 0.6) is 0 Å². The van der Waals surface area contributed by atoms with E-state index in [0.717, 1.165) is 0 Å². The number of hydrogen-bond acceptors (Lipinski definition) is 4. The van der Waals surface area contributed by atoms with Crippen molar-refractivity contribution in [2.75, 3.05) is 16.8 Å². The second kappa shape index (κ2) is 7.31. The number of anilines is 1. The minimum Gasteiger partial charge on any atom is -0.275 e. The highest BCUT2D eigenvalue weighted by atomic mass is 33.1. The molecule has 2 heterocycles. The quantitative estimate of drug-likeness (QED) is 0.407. The molecule has 0 saturated carbocycles. The topological polar surface area (TPSA) is 3.24 Å². The normalized spacial score (nSPS) is 19.9. The van der Waals surface area contributed by atoms with Crippen molar-refractivity contribution in [1.29, 1.82) is 0 Å². The van der Waals surface area contributed by atoms with Crippen LogP contribution in [0, 0.1) is 0 Å². The highest BCUT2D eigenvalue weighted by Crippen LogP contribution is 2.62. The SMILES string of the molecule is CSC1=C(c2ccccc2)C2=S(S1)N(c1ccccc1)C(SC)=C2C. The summed E-state index contributed by atoms with van der Waals surface area (Å²) in [7, 11) is 2.01. The lowest BCUT2D eigenvalue weighted by molar-refractivity contribution is 1.39. The first-order valence-electron chi connectivity index (χ1n) is 8.00. The van der Waals surface area contributed by atoms with Crippen LogP contribution in [0.4, 0.5) is 5.69 Å². The Hall–Kier alpha value is -1.01. The summed E-state index contributed by atoms with van der Waals surface area (Å²) < 4.78 is 3.97. The zero-order valence-corrected chi connectivity index (χ0v) is 17.6. The Labute approximate surface area is 164 Å². The van der Waals surface area contributed by atoms with E-state index in [0.29, 0.717) is 0 Å². The van der Waals surface area contributed by atoms with Crippen molar-refractivity contribution >= 4 is 60.1 Å². The largest absolute Gasteiger partial charge is 0.275 e. The molecule has 0 aliphatic carbocycles. The van der Waals surface area contributed by atoms with Crippen molar-refractivity contribution in [2.24, 2.45) is 0 Å². The molecule has 0 amide bonds. The van der Waals surface area contributed by atoms with Crippen molar-refractivity contribution in [2.45, 2.75) is 6.92 Å². The second-order valence-corrected chi connectivity index (χ2v) is 10.8. The number of nitrogens with zero attached hydrogens (tertiary/aromatic N) is 1. The molecule has 0 radical (unpaired) electrons. The number of para-hydroxylation sites is 1. The van der Waals surface area contributed by atoms with Gasteiger partial charge in [-0.15, -0.1) is 23.5 Å². The van der Waals surface area contributed by atoms with Crippen molar-refractivity contribution < 1.29 is 0 Å². The first kappa shape index (κ1) is 17.4. The molecule has 25 heavy (non-hydrogen) atoms. The number of hydrogen-bond donors (Lipinski definition) is 0. The molecular formula is C20H19NS4. The summed E-state index contributed by atoms with van der Waals surface area (Å²) in [6.45, 7) is 2.29. The average molecular weight is 402 g/mol. The molecule has 2 aromatic rings. The maximum atomic E-state index is 2.53. The minimum atomic E-state index is -0.000379. The molecule has 1 nitrogen and oxygen atoms in total. The highest BCUT2D eigenvalue weighted by molar-refractivity contribution is 8.88. The predicted molar refractivity (Wildman–Crippen MR) is 122 cm³/mol. The van der Waals surface area contributed by atoms with Crippen molar-refractivity contribution in [3.63, 3.8) is 0 Å². The van der Waals surface area contributed by atoms with Gasteiger partial charge in [0.05, 0.1) is 15.0 Å². The molecule has 1 atom stereocenters. The Morgan fingerprint density at radius 2 is 1.52 bits per heavy atom. The summed E-state index contributed by atoms with van der Waals surface area (Å²) >= 11 is 3.73. The summed E-state index contributed by atoms with van der Waals surface area (Å²) in [6, 6.07) is 21.6. The third kappa shape index (κ3) is 2.91. The molecule has 0 fully saturated rings. The van der Waals surface area contributed by atoms with Gasteiger partial charge in [0.25, 0.3) is 0 Å². The van der Waals surface area contributed by atoms with Crippen LogP contribution in [0.25, 0.3) is 5.57 Å². The summed E-state index contributed by atoms with van der Waals surface area (Å²) in [5, 5.41) is 1.38. The van der Waals surface area contributed by atoms with E-state index >= 15 is 0 Å². The fourth-order valence-corrected chi connectivity index (χ4v) is 10.9. The van der Waals surface area contributed by atoms with E-state index in [1.807, 2.05) is 34.3 Å². The van der Waals surface area contributed by atoms with Crippen LogP contribution in [0.15, 0.2) is 75.5 Å². The van der Waals surface area contributed by atoms with E-state index in [-0.39, 0.29) is 9.70 Å². The molecule has 2 aliphatic rings. The van der Waals surface area contributed by atoms with Crippen molar-refractivity contribution in [3.05, 3.63) is 81.1 Å². The molecule has 2 aromatic carbocycles. The van der Waals surface area contributed by atoms with Crippen LogP contribution < -0.4 is 4.31 Å².